The Hall–Kier alpha value is -3.19. The molecule has 0 fully saturated rings. The van der Waals surface area contributed by atoms with Crippen molar-refractivity contribution in [2.75, 3.05) is 7.05 Å². The molecule has 2 aromatic carbocycles. The number of carbonyl (C=O) groups is 3. The minimum Gasteiger partial charge on any atom is -0.489 e. The zero-order chi connectivity index (χ0) is 24.7. The van der Waals surface area contributed by atoms with Crippen molar-refractivity contribution in [2.24, 2.45) is 0 Å². The summed E-state index contributed by atoms with van der Waals surface area (Å²) in [6.45, 7) is 0.237. The van der Waals surface area contributed by atoms with E-state index >= 15 is 0 Å². The number of hydrogen-bond donors (Lipinski definition) is 1. The molecule has 0 saturated heterocycles. The molecule has 0 saturated carbocycles. The first-order valence-corrected chi connectivity index (χ1v) is 12.6. The van der Waals surface area contributed by atoms with Crippen LogP contribution in [-0.4, -0.2) is 34.6 Å². The number of allylic oxidation sites excluding steroid dienone is 4. The summed E-state index contributed by atoms with van der Waals surface area (Å²) in [5.41, 5.74) is 5.34. The molecule has 0 radical (unpaired) electrons. The molecule has 1 N–H and O–H groups in total. The molecule has 1 heterocycles. The third-order valence-corrected chi connectivity index (χ3v) is 7.62. The average molecular weight is 536 g/mol. The topological polar surface area (TPSA) is 83.9 Å². The number of nitrogens with zero attached hydrogens (tertiary/aromatic N) is 1. The van der Waals surface area contributed by atoms with Gasteiger partial charge in [0.25, 0.3) is 0 Å². The van der Waals surface area contributed by atoms with Crippen LogP contribution in [0.2, 0.25) is 0 Å². The van der Waals surface area contributed by atoms with Gasteiger partial charge in [-0.25, -0.2) is 4.79 Å². The minimum atomic E-state index is -0.975. The Morgan fingerprint density at radius 3 is 2.14 bits per heavy atom. The molecular formula is C28H26BrNO5. The summed E-state index contributed by atoms with van der Waals surface area (Å²) < 4.78 is 7.09. The monoisotopic (exact) mass is 535 g/mol. The third kappa shape index (κ3) is 4.33. The van der Waals surface area contributed by atoms with E-state index in [9.17, 15) is 14.4 Å². The summed E-state index contributed by atoms with van der Waals surface area (Å²) in [5.74, 6) is -0.608. The van der Waals surface area contributed by atoms with Gasteiger partial charge >= 0.3 is 5.97 Å². The molecule has 0 bridgehead atoms. The second kappa shape index (κ2) is 9.46. The van der Waals surface area contributed by atoms with Crippen molar-refractivity contribution in [1.29, 1.82) is 0 Å². The summed E-state index contributed by atoms with van der Waals surface area (Å²) in [7, 11) is 1.98. The Morgan fingerprint density at radius 1 is 0.971 bits per heavy atom. The highest BCUT2D eigenvalue weighted by molar-refractivity contribution is 9.10. The van der Waals surface area contributed by atoms with Gasteiger partial charge in [-0.15, -0.1) is 0 Å². The predicted molar refractivity (Wildman–Crippen MR) is 134 cm³/mol. The molecular weight excluding hydrogens is 510 g/mol. The van der Waals surface area contributed by atoms with Gasteiger partial charge in [0.2, 0.25) is 0 Å². The molecule has 5 rings (SSSR count). The molecule has 0 aromatic heterocycles. The van der Waals surface area contributed by atoms with Crippen LogP contribution < -0.4 is 4.74 Å². The zero-order valence-electron chi connectivity index (χ0n) is 19.5. The van der Waals surface area contributed by atoms with Gasteiger partial charge in [-0.3, -0.25) is 9.59 Å². The highest BCUT2D eigenvalue weighted by atomic mass is 79.9. The number of benzene rings is 2. The molecule has 0 amide bonds. The lowest BCUT2D eigenvalue weighted by atomic mass is 9.71. The minimum absolute atomic E-state index is 0.100. The number of Topliss-reactive ketones (excluding diaryl/α,β-unsaturated/α-hetero) is 2. The van der Waals surface area contributed by atoms with Crippen LogP contribution in [-0.2, 0) is 16.2 Å². The molecule has 0 unspecified atom stereocenters. The standard InChI is InChI=1S/C28H26BrNO5/c1-30-20-4-2-6-22(31)26(20)25(27-21(30)5-3-7-23(27)32)19-14-18(29)12-13-24(19)35-15-16-8-10-17(11-9-16)28(33)34/h8-14,25H,2-7,15H2,1H3,(H,33,34). The highest BCUT2D eigenvalue weighted by Crippen LogP contribution is 2.50. The Labute approximate surface area is 212 Å². The Kier molecular flexibility index (Phi) is 6.36. The third-order valence-electron chi connectivity index (χ3n) is 7.12. The Morgan fingerprint density at radius 2 is 1.57 bits per heavy atom. The lowest BCUT2D eigenvalue weighted by Crippen LogP contribution is -2.37. The van der Waals surface area contributed by atoms with Crippen LogP contribution in [0.3, 0.4) is 0 Å². The number of hydrogen-bond acceptors (Lipinski definition) is 5. The van der Waals surface area contributed by atoms with Gasteiger partial charge in [-0.1, -0.05) is 28.1 Å². The molecule has 7 heteroatoms. The quantitative estimate of drug-likeness (QED) is 0.523. The molecule has 3 aliphatic rings. The summed E-state index contributed by atoms with van der Waals surface area (Å²) in [6, 6.07) is 12.3. The number of ketones is 2. The van der Waals surface area contributed by atoms with E-state index in [1.165, 1.54) is 0 Å². The van der Waals surface area contributed by atoms with Crippen molar-refractivity contribution in [2.45, 2.75) is 51.0 Å². The second-order valence-electron chi connectivity index (χ2n) is 9.24. The van der Waals surface area contributed by atoms with Crippen molar-refractivity contribution in [3.8, 4) is 5.75 Å². The van der Waals surface area contributed by atoms with E-state index in [0.29, 0.717) is 18.6 Å². The number of halogens is 1. The maximum absolute atomic E-state index is 13.3. The molecule has 2 aromatic rings. The predicted octanol–water partition coefficient (Wildman–Crippen LogP) is 5.77. The molecule has 0 atom stereocenters. The lowest BCUT2D eigenvalue weighted by Gasteiger charge is -2.42. The molecule has 35 heavy (non-hydrogen) atoms. The zero-order valence-corrected chi connectivity index (χ0v) is 21.1. The fourth-order valence-corrected chi connectivity index (χ4v) is 5.82. The van der Waals surface area contributed by atoms with Gasteiger partial charge in [-0.05, 0) is 61.6 Å². The Bertz CT molecular complexity index is 1250. The summed E-state index contributed by atoms with van der Waals surface area (Å²) in [6.07, 6.45) is 4.25. The normalized spacial score (nSPS) is 18.5. The first-order chi connectivity index (χ1) is 16.8. The SMILES string of the molecule is CN1C2=C(C(=O)CCC2)C(c2cc(Br)ccc2OCc2ccc(C(=O)O)cc2)C2=C1CCCC2=O. The molecule has 6 nitrogen and oxygen atoms in total. The average Bonchev–Trinajstić information content (AvgIpc) is 2.85. The fraction of sp³-hybridized carbons (Fsp3) is 0.321. The van der Waals surface area contributed by atoms with Crippen molar-refractivity contribution in [1.82, 2.24) is 4.90 Å². The number of carbonyl (C=O) groups excluding carboxylic acids is 2. The summed E-state index contributed by atoms with van der Waals surface area (Å²) >= 11 is 3.58. The van der Waals surface area contributed by atoms with E-state index in [0.717, 1.165) is 63.8 Å². The van der Waals surface area contributed by atoms with Gasteiger partial charge in [0.05, 0.1) is 5.56 Å². The van der Waals surface area contributed by atoms with Crippen molar-refractivity contribution in [3.63, 3.8) is 0 Å². The summed E-state index contributed by atoms with van der Waals surface area (Å²) in [4.78, 5) is 39.8. The number of ether oxygens (including phenoxy) is 1. The van der Waals surface area contributed by atoms with E-state index < -0.39 is 11.9 Å². The van der Waals surface area contributed by atoms with Gasteiger partial charge < -0.3 is 14.7 Å². The van der Waals surface area contributed by atoms with E-state index in [-0.39, 0.29) is 23.7 Å². The smallest absolute Gasteiger partial charge is 0.335 e. The van der Waals surface area contributed by atoms with Crippen LogP contribution in [0.15, 0.2) is 69.5 Å². The van der Waals surface area contributed by atoms with Crippen LogP contribution >= 0.6 is 15.9 Å². The van der Waals surface area contributed by atoms with Gasteiger partial charge in [0.1, 0.15) is 12.4 Å². The largest absolute Gasteiger partial charge is 0.489 e. The maximum atomic E-state index is 13.3. The van der Waals surface area contributed by atoms with Crippen molar-refractivity contribution in [3.05, 3.63) is 86.2 Å². The highest BCUT2D eigenvalue weighted by Gasteiger charge is 2.43. The number of carboxylic acid groups (broad SMARTS) is 1. The van der Waals surface area contributed by atoms with Crippen LogP contribution in [0.5, 0.6) is 5.75 Å². The lowest BCUT2D eigenvalue weighted by molar-refractivity contribution is -0.117. The summed E-state index contributed by atoms with van der Waals surface area (Å²) in [5, 5.41) is 9.14. The van der Waals surface area contributed by atoms with Gasteiger partial charge in [-0.2, -0.15) is 0 Å². The van der Waals surface area contributed by atoms with Crippen LogP contribution in [0, 0.1) is 0 Å². The molecule has 1 aliphatic heterocycles. The van der Waals surface area contributed by atoms with Crippen LogP contribution in [0.25, 0.3) is 0 Å². The van der Waals surface area contributed by atoms with Gasteiger partial charge in [0.15, 0.2) is 11.6 Å². The number of aromatic carboxylic acids is 1. The first-order valence-electron chi connectivity index (χ1n) is 11.9. The Balaban J connectivity index is 1.58. The van der Waals surface area contributed by atoms with E-state index in [1.54, 1.807) is 24.3 Å². The molecule has 2 aliphatic carbocycles. The first kappa shape index (κ1) is 23.5. The van der Waals surface area contributed by atoms with Crippen LogP contribution in [0.4, 0.5) is 0 Å². The van der Waals surface area contributed by atoms with Crippen molar-refractivity contribution < 1.29 is 24.2 Å². The van der Waals surface area contributed by atoms with Crippen molar-refractivity contribution >= 4 is 33.5 Å². The molecule has 0 spiro atoms. The fourth-order valence-electron chi connectivity index (χ4n) is 5.44. The number of carboxylic acids is 1. The van der Waals surface area contributed by atoms with Gasteiger partial charge in [0, 0.05) is 58.4 Å². The van der Waals surface area contributed by atoms with E-state index in [2.05, 4.69) is 20.8 Å². The van der Waals surface area contributed by atoms with Crippen LogP contribution in [0.1, 0.15) is 65.9 Å². The van der Waals surface area contributed by atoms with E-state index in [4.69, 9.17) is 9.84 Å². The van der Waals surface area contributed by atoms with E-state index in [1.807, 2.05) is 25.2 Å². The molecule has 180 valence electrons. The number of rotatable bonds is 5. The maximum Gasteiger partial charge on any atom is 0.335 e. The second-order valence-corrected chi connectivity index (χ2v) is 10.2.